The highest BCUT2D eigenvalue weighted by Gasteiger charge is 2.83. The highest BCUT2D eigenvalue weighted by molar-refractivity contribution is 7.96. The Morgan fingerprint density at radius 3 is 1.87 bits per heavy atom. The number of alkyl halides is 9. The maximum Gasteiger partial charge on any atom is 0.460 e. The summed E-state index contributed by atoms with van der Waals surface area (Å²) in [5, 5.41) is 5.28. The molecule has 0 bridgehead atoms. The largest absolute Gasteiger partial charge is 0.460 e. The number of sulfone groups is 1. The van der Waals surface area contributed by atoms with Crippen LogP contribution >= 0.6 is 0 Å². The molecule has 1 aromatic heterocycles. The number of halogens is 9. The van der Waals surface area contributed by atoms with Crippen LogP contribution in [0.1, 0.15) is 23.4 Å². The molecule has 0 saturated heterocycles. The summed E-state index contributed by atoms with van der Waals surface area (Å²) >= 11 is 0. The quantitative estimate of drug-likeness (QED) is 0.317. The Morgan fingerprint density at radius 2 is 1.48 bits per heavy atom. The van der Waals surface area contributed by atoms with Crippen molar-refractivity contribution in [1.29, 1.82) is 0 Å². The van der Waals surface area contributed by atoms with Crippen molar-refractivity contribution in [1.82, 2.24) is 19.7 Å². The van der Waals surface area contributed by atoms with Crippen molar-refractivity contribution >= 4 is 15.6 Å². The minimum absolute atomic E-state index is 0.280. The van der Waals surface area contributed by atoms with Crippen molar-refractivity contribution in [2.45, 2.75) is 30.9 Å². The van der Waals surface area contributed by atoms with Crippen LogP contribution in [-0.4, -0.2) is 71.7 Å². The number of carbonyl (C=O) groups is 1. The first kappa shape index (κ1) is 26.7. The van der Waals surface area contributed by atoms with Crippen LogP contribution in [0.2, 0.25) is 0 Å². The molecule has 0 unspecified atom stereocenters. The molecule has 0 atom stereocenters. The molecule has 1 aromatic rings. The molecule has 0 aromatic carbocycles. The van der Waals surface area contributed by atoms with Gasteiger partial charge in [-0.05, 0) is 0 Å². The fourth-order valence-electron chi connectivity index (χ4n) is 2.10. The van der Waals surface area contributed by atoms with E-state index in [9.17, 15) is 52.7 Å². The monoisotopic (exact) mass is 490 g/mol. The summed E-state index contributed by atoms with van der Waals surface area (Å²) in [5.41, 5.74) is 0. The van der Waals surface area contributed by atoms with Gasteiger partial charge in [-0.2, -0.15) is 39.5 Å². The third kappa shape index (κ3) is 4.36. The molecule has 0 N–H and O–H groups in total. The predicted molar refractivity (Wildman–Crippen MR) is 86.4 cm³/mol. The average Bonchev–Trinajstić information content (AvgIpc) is 2.99. The smallest absolute Gasteiger partial charge is 0.382 e. The van der Waals surface area contributed by atoms with Gasteiger partial charge in [0.2, 0.25) is 17.4 Å². The summed E-state index contributed by atoms with van der Waals surface area (Å²) in [6.07, 6.45) is -6.31. The highest BCUT2D eigenvalue weighted by atomic mass is 32.2. The van der Waals surface area contributed by atoms with Crippen LogP contribution < -0.4 is 0 Å². The summed E-state index contributed by atoms with van der Waals surface area (Å²) in [7, 11) is -1.39. The van der Waals surface area contributed by atoms with Crippen LogP contribution in [0.5, 0.6) is 0 Å². The van der Waals surface area contributed by atoms with Gasteiger partial charge in [0.1, 0.15) is 4.91 Å². The zero-order valence-corrected chi connectivity index (χ0v) is 16.9. The Bertz CT molecular complexity index is 982. The predicted octanol–water partition coefficient (Wildman–Crippen LogP) is 2.76. The molecular formula is C14H15F9N4O3S. The summed E-state index contributed by atoms with van der Waals surface area (Å²) < 4.78 is 142. The number of carbonyl (C=O) groups excluding carboxylic acids is 1. The number of hydrogen-bond donors (Lipinski definition) is 0. The van der Waals surface area contributed by atoms with Gasteiger partial charge in [0.05, 0.1) is 5.75 Å². The van der Waals surface area contributed by atoms with E-state index in [4.69, 9.17) is 0 Å². The van der Waals surface area contributed by atoms with Gasteiger partial charge in [-0.15, -0.1) is 10.2 Å². The molecule has 0 aliphatic heterocycles. The zero-order valence-electron chi connectivity index (χ0n) is 16.1. The van der Waals surface area contributed by atoms with E-state index in [-0.39, 0.29) is 4.57 Å². The summed E-state index contributed by atoms with van der Waals surface area (Å²) in [4.78, 5) is 12.5. The van der Waals surface area contributed by atoms with Crippen LogP contribution in [-0.2, 0) is 22.8 Å². The van der Waals surface area contributed by atoms with Gasteiger partial charge in [-0.25, -0.2) is 8.42 Å². The molecule has 17 heteroatoms. The summed E-state index contributed by atoms with van der Waals surface area (Å²) in [6, 6.07) is 0. The second-order valence-electron chi connectivity index (χ2n) is 6.32. The fraction of sp³-hybridized carbons (Fsp3) is 0.643. The van der Waals surface area contributed by atoms with Crippen molar-refractivity contribution < 1.29 is 52.7 Å². The minimum Gasteiger partial charge on any atom is -0.382 e. The second-order valence-corrected chi connectivity index (χ2v) is 8.56. The molecule has 0 radical (unpaired) electrons. The lowest BCUT2D eigenvalue weighted by atomic mass is 10.0. The molecule has 0 spiro atoms. The number of rotatable bonds is 8. The Labute approximate surface area is 169 Å². The van der Waals surface area contributed by atoms with E-state index < -0.39 is 61.9 Å². The van der Waals surface area contributed by atoms with E-state index in [1.807, 2.05) is 0 Å². The molecule has 0 aliphatic carbocycles. The Balaban J connectivity index is 3.65. The van der Waals surface area contributed by atoms with Gasteiger partial charge in [0.15, 0.2) is 9.84 Å². The molecule has 31 heavy (non-hydrogen) atoms. The minimum atomic E-state index is -7.18. The van der Waals surface area contributed by atoms with Gasteiger partial charge in [-0.1, -0.05) is 6.92 Å². The number of ketones is 1. The van der Waals surface area contributed by atoms with Gasteiger partial charge in [-0.3, -0.25) is 4.79 Å². The number of Topliss-reactive ketones (excluding diaryl/α,β-unsaturated/α-hetero) is 1. The van der Waals surface area contributed by atoms with E-state index in [2.05, 4.69) is 10.2 Å². The third-order valence-corrected chi connectivity index (χ3v) is 5.54. The lowest BCUT2D eigenvalue weighted by Crippen LogP contribution is -2.60. The SMILES string of the molecule is CCS(=O)(=O)/C(=C\N(C)C)C(=O)c1nnc(C(F)(F)C(F)(F)C(F)(F)C(F)(F)F)n1C. The van der Waals surface area contributed by atoms with Gasteiger partial charge < -0.3 is 9.47 Å². The van der Waals surface area contributed by atoms with E-state index in [0.29, 0.717) is 7.05 Å². The molecule has 0 amide bonds. The van der Waals surface area contributed by atoms with E-state index in [1.54, 1.807) is 0 Å². The first-order valence-corrected chi connectivity index (χ1v) is 9.57. The van der Waals surface area contributed by atoms with Crippen LogP contribution in [0, 0.1) is 0 Å². The summed E-state index contributed by atoms with van der Waals surface area (Å²) in [6.45, 7) is 1.11. The molecule has 0 fully saturated rings. The Morgan fingerprint density at radius 1 is 1.00 bits per heavy atom. The number of aromatic nitrogens is 3. The molecule has 0 aliphatic rings. The number of hydrogen-bond acceptors (Lipinski definition) is 6. The molecule has 1 heterocycles. The average molecular weight is 490 g/mol. The second kappa shape index (κ2) is 7.98. The number of nitrogens with zero attached hydrogens (tertiary/aromatic N) is 4. The van der Waals surface area contributed by atoms with E-state index in [0.717, 1.165) is 18.0 Å². The van der Waals surface area contributed by atoms with Gasteiger partial charge in [0.25, 0.3) is 0 Å². The lowest BCUT2D eigenvalue weighted by Gasteiger charge is -2.32. The Hall–Kier alpha value is -2.33. The number of allylic oxidation sites excluding steroid dienone is 1. The molecule has 178 valence electrons. The fourth-order valence-corrected chi connectivity index (χ4v) is 3.15. The first-order chi connectivity index (χ1) is 13.7. The molecule has 7 nitrogen and oxygen atoms in total. The van der Waals surface area contributed by atoms with E-state index >= 15 is 0 Å². The maximum atomic E-state index is 14.1. The third-order valence-electron chi connectivity index (χ3n) is 3.82. The van der Waals surface area contributed by atoms with Gasteiger partial charge >= 0.3 is 23.9 Å². The maximum absolute atomic E-state index is 14.1. The molecule has 0 saturated carbocycles. The van der Waals surface area contributed by atoms with Gasteiger partial charge in [0, 0.05) is 27.3 Å². The van der Waals surface area contributed by atoms with Crippen LogP contribution in [0.4, 0.5) is 39.5 Å². The van der Waals surface area contributed by atoms with Crippen molar-refractivity contribution in [3.63, 3.8) is 0 Å². The molecular weight excluding hydrogens is 475 g/mol. The topological polar surface area (TPSA) is 85.2 Å². The normalized spacial score (nSPS) is 14.7. The van der Waals surface area contributed by atoms with Crippen molar-refractivity contribution in [2.75, 3.05) is 19.8 Å². The van der Waals surface area contributed by atoms with Crippen molar-refractivity contribution in [3.05, 3.63) is 22.8 Å². The summed E-state index contributed by atoms with van der Waals surface area (Å²) in [5.74, 6) is -26.5. The lowest BCUT2D eigenvalue weighted by molar-refractivity contribution is -0.401. The highest BCUT2D eigenvalue weighted by Crippen LogP contribution is 2.56. The van der Waals surface area contributed by atoms with E-state index in [1.165, 1.54) is 14.1 Å². The van der Waals surface area contributed by atoms with Crippen LogP contribution in [0.25, 0.3) is 0 Å². The standard InChI is InChI=1S/C14H15F9N4O3S/c1-5-31(29,30)7(6-26(2)3)8(28)9-24-25-10(27(9)4)11(15,16)12(17,18)13(19,20)14(21,22)23/h6H,5H2,1-4H3/b7-6-. The first-order valence-electron chi connectivity index (χ1n) is 7.92. The van der Waals surface area contributed by atoms with Crippen LogP contribution in [0.3, 0.4) is 0 Å². The van der Waals surface area contributed by atoms with Crippen molar-refractivity contribution in [3.8, 4) is 0 Å². The molecule has 1 rings (SSSR count). The van der Waals surface area contributed by atoms with Crippen molar-refractivity contribution in [2.24, 2.45) is 7.05 Å². The van der Waals surface area contributed by atoms with Crippen LogP contribution in [0.15, 0.2) is 11.1 Å². The zero-order chi connectivity index (χ0) is 24.8. The Kier molecular flexibility index (Phi) is 6.87.